The van der Waals surface area contributed by atoms with Crippen LogP contribution in [-0.2, 0) is 4.79 Å². The molecule has 0 spiro atoms. The van der Waals surface area contributed by atoms with Gasteiger partial charge in [-0.2, -0.15) is 0 Å². The Hall–Kier alpha value is -1.88. The van der Waals surface area contributed by atoms with Crippen LogP contribution in [0, 0.1) is 0 Å². The number of carbonyl (C=O) groups is 2. The Balaban J connectivity index is 1.94. The standard InChI is InChI=1S/C16H22N2O3/c1-12(19)16(21)18-10-6-5-9-14(18)11-17-15(20)13-7-3-2-4-8-13/h2-4,7-8,12,14,19H,5-6,9-11H2,1H3,(H,17,20). The summed E-state index contributed by atoms with van der Waals surface area (Å²) in [6.45, 7) is 2.55. The zero-order valence-corrected chi connectivity index (χ0v) is 12.3. The number of hydrogen-bond donors (Lipinski definition) is 2. The molecule has 5 heteroatoms. The molecule has 1 fully saturated rings. The van der Waals surface area contributed by atoms with Crippen molar-refractivity contribution < 1.29 is 14.7 Å². The molecule has 114 valence electrons. The van der Waals surface area contributed by atoms with Crippen molar-refractivity contribution in [3.8, 4) is 0 Å². The third-order valence-corrected chi connectivity index (χ3v) is 3.80. The van der Waals surface area contributed by atoms with Gasteiger partial charge in [-0.15, -0.1) is 0 Å². The number of benzene rings is 1. The van der Waals surface area contributed by atoms with E-state index in [0.717, 1.165) is 19.3 Å². The van der Waals surface area contributed by atoms with Crippen molar-refractivity contribution in [2.45, 2.75) is 38.3 Å². The van der Waals surface area contributed by atoms with Gasteiger partial charge in [0.1, 0.15) is 6.10 Å². The van der Waals surface area contributed by atoms with Gasteiger partial charge in [-0.3, -0.25) is 9.59 Å². The van der Waals surface area contributed by atoms with Gasteiger partial charge in [-0.25, -0.2) is 0 Å². The zero-order valence-electron chi connectivity index (χ0n) is 12.3. The Morgan fingerprint density at radius 2 is 2.05 bits per heavy atom. The largest absolute Gasteiger partial charge is 0.384 e. The van der Waals surface area contributed by atoms with E-state index in [1.165, 1.54) is 6.92 Å². The van der Waals surface area contributed by atoms with Crippen molar-refractivity contribution in [1.29, 1.82) is 0 Å². The molecule has 2 rings (SSSR count). The van der Waals surface area contributed by atoms with Crippen molar-refractivity contribution >= 4 is 11.8 Å². The summed E-state index contributed by atoms with van der Waals surface area (Å²) in [6, 6.07) is 8.98. The predicted octanol–water partition coefficient (Wildman–Crippen LogP) is 1.18. The number of nitrogens with zero attached hydrogens (tertiary/aromatic N) is 1. The van der Waals surface area contributed by atoms with Crippen LogP contribution >= 0.6 is 0 Å². The number of likely N-dealkylation sites (tertiary alicyclic amines) is 1. The summed E-state index contributed by atoms with van der Waals surface area (Å²) in [7, 11) is 0. The molecule has 0 bridgehead atoms. The lowest BCUT2D eigenvalue weighted by atomic mass is 10.0. The first-order chi connectivity index (χ1) is 10.1. The maximum absolute atomic E-state index is 12.0. The molecule has 0 saturated carbocycles. The van der Waals surface area contributed by atoms with E-state index in [1.807, 2.05) is 18.2 Å². The maximum atomic E-state index is 12.0. The molecule has 1 aliphatic heterocycles. The summed E-state index contributed by atoms with van der Waals surface area (Å²) >= 11 is 0. The fourth-order valence-electron chi connectivity index (χ4n) is 2.64. The van der Waals surface area contributed by atoms with E-state index in [4.69, 9.17) is 0 Å². The molecule has 5 nitrogen and oxygen atoms in total. The number of carbonyl (C=O) groups excluding carboxylic acids is 2. The molecular formula is C16H22N2O3. The van der Waals surface area contributed by atoms with Crippen molar-refractivity contribution in [2.24, 2.45) is 0 Å². The molecule has 2 N–H and O–H groups in total. The SMILES string of the molecule is CC(O)C(=O)N1CCCCC1CNC(=O)c1ccccc1. The lowest BCUT2D eigenvalue weighted by Crippen LogP contribution is -2.52. The smallest absolute Gasteiger partial charge is 0.251 e. The zero-order chi connectivity index (χ0) is 15.2. The summed E-state index contributed by atoms with van der Waals surface area (Å²) in [5.74, 6) is -0.390. The van der Waals surface area contributed by atoms with Gasteiger partial charge in [0.05, 0.1) is 0 Å². The molecule has 1 saturated heterocycles. The van der Waals surface area contributed by atoms with Gasteiger partial charge in [0.25, 0.3) is 11.8 Å². The highest BCUT2D eigenvalue weighted by Crippen LogP contribution is 2.17. The molecule has 21 heavy (non-hydrogen) atoms. The minimum absolute atomic E-state index is 0.0338. The molecule has 2 amide bonds. The van der Waals surface area contributed by atoms with Gasteiger partial charge < -0.3 is 15.3 Å². The van der Waals surface area contributed by atoms with Gasteiger partial charge in [-0.05, 0) is 38.3 Å². The van der Waals surface area contributed by atoms with Crippen LogP contribution in [0.4, 0.5) is 0 Å². The Morgan fingerprint density at radius 1 is 1.33 bits per heavy atom. The fourth-order valence-corrected chi connectivity index (χ4v) is 2.64. The van der Waals surface area contributed by atoms with Crippen LogP contribution in [0.5, 0.6) is 0 Å². The van der Waals surface area contributed by atoms with E-state index in [2.05, 4.69) is 5.32 Å². The number of rotatable bonds is 4. The van der Waals surface area contributed by atoms with Gasteiger partial charge in [0.15, 0.2) is 0 Å². The molecular weight excluding hydrogens is 268 g/mol. The molecule has 2 atom stereocenters. The van der Waals surface area contributed by atoms with Gasteiger partial charge in [-0.1, -0.05) is 18.2 Å². The van der Waals surface area contributed by atoms with E-state index in [0.29, 0.717) is 18.7 Å². The summed E-state index contributed by atoms with van der Waals surface area (Å²) in [6.07, 6.45) is 1.85. The first kappa shape index (κ1) is 15.5. The number of aliphatic hydroxyl groups is 1. The van der Waals surface area contributed by atoms with Gasteiger partial charge in [0, 0.05) is 24.7 Å². The van der Waals surface area contributed by atoms with Crippen LogP contribution in [0.2, 0.25) is 0 Å². The van der Waals surface area contributed by atoms with E-state index >= 15 is 0 Å². The van der Waals surface area contributed by atoms with Crippen LogP contribution in [0.3, 0.4) is 0 Å². The maximum Gasteiger partial charge on any atom is 0.251 e. The molecule has 2 unspecified atom stereocenters. The van der Waals surface area contributed by atoms with Gasteiger partial charge in [0.2, 0.25) is 0 Å². The molecule has 0 radical (unpaired) electrons. The monoisotopic (exact) mass is 290 g/mol. The molecule has 0 aromatic heterocycles. The number of nitrogens with one attached hydrogen (secondary N) is 1. The lowest BCUT2D eigenvalue weighted by molar-refractivity contribution is -0.142. The number of amides is 2. The number of aliphatic hydroxyl groups excluding tert-OH is 1. The van der Waals surface area contributed by atoms with Crippen molar-refractivity contribution in [1.82, 2.24) is 10.2 Å². The van der Waals surface area contributed by atoms with Crippen molar-refractivity contribution in [3.05, 3.63) is 35.9 Å². The van der Waals surface area contributed by atoms with E-state index < -0.39 is 6.10 Å². The normalized spacial score (nSPS) is 19.9. The lowest BCUT2D eigenvalue weighted by Gasteiger charge is -2.36. The summed E-state index contributed by atoms with van der Waals surface area (Å²) < 4.78 is 0. The fraction of sp³-hybridized carbons (Fsp3) is 0.500. The summed E-state index contributed by atoms with van der Waals surface area (Å²) in [5, 5.41) is 12.3. The second kappa shape index (κ2) is 7.22. The molecule has 0 aliphatic carbocycles. The second-order valence-corrected chi connectivity index (χ2v) is 5.43. The Morgan fingerprint density at radius 3 is 2.71 bits per heavy atom. The average Bonchev–Trinajstić information content (AvgIpc) is 2.53. The minimum atomic E-state index is -0.990. The minimum Gasteiger partial charge on any atom is -0.384 e. The highest BCUT2D eigenvalue weighted by Gasteiger charge is 2.29. The molecule has 1 aliphatic rings. The molecule has 1 heterocycles. The van der Waals surface area contributed by atoms with Crippen LogP contribution in [-0.4, -0.2) is 47.1 Å². The van der Waals surface area contributed by atoms with Crippen molar-refractivity contribution in [2.75, 3.05) is 13.1 Å². The number of hydrogen-bond acceptors (Lipinski definition) is 3. The van der Waals surface area contributed by atoms with Crippen LogP contribution in [0.1, 0.15) is 36.5 Å². The molecule has 1 aromatic carbocycles. The Labute approximate surface area is 125 Å². The van der Waals surface area contributed by atoms with Crippen LogP contribution in [0.15, 0.2) is 30.3 Å². The molecule has 1 aromatic rings. The third kappa shape index (κ3) is 4.04. The Kier molecular flexibility index (Phi) is 5.33. The predicted molar refractivity (Wildman–Crippen MR) is 79.8 cm³/mol. The van der Waals surface area contributed by atoms with Crippen LogP contribution in [0.25, 0.3) is 0 Å². The average molecular weight is 290 g/mol. The topological polar surface area (TPSA) is 69.6 Å². The first-order valence-corrected chi connectivity index (χ1v) is 7.41. The summed E-state index contributed by atoms with van der Waals surface area (Å²) in [5.41, 5.74) is 0.613. The van der Waals surface area contributed by atoms with E-state index in [-0.39, 0.29) is 17.9 Å². The second-order valence-electron chi connectivity index (χ2n) is 5.43. The third-order valence-electron chi connectivity index (χ3n) is 3.80. The van der Waals surface area contributed by atoms with E-state index in [1.54, 1.807) is 17.0 Å². The summed E-state index contributed by atoms with van der Waals surface area (Å²) in [4.78, 5) is 25.7. The Bertz CT molecular complexity index is 488. The number of piperidine rings is 1. The van der Waals surface area contributed by atoms with Crippen LogP contribution < -0.4 is 5.32 Å². The van der Waals surface area contributed by atoms with Gasteiger partial charge >= 0.3 is 0 Å². The van der Waals surface area contributed by atoms with E-state index in [9.17, 15) is 14.7 Å². The van der Waals surface area contributed by atoms with Crippen molar-refractivity contribution in [3.63, 3.8) is 0 Å². The highest BCUT2D eigenvalue weighted by atomic mass is 16.3. The highest BCUT2D eigenvalue weighted by molar-refractivity contribution is 5.94. The quantitative estimate of drug-likeness (QED) is 0.875. The first-order valence-electron chi connectivity index (χ1n) is 7.41.